The van der Waals surface area contributed by atoms with E-state index in [4.69, 9.17) is 0 Å². The molecule has 0 aliphatic heterocycles. The zero-order chi connectivity index (χ0) is 16.7. The highest BCUT2D eigenvalue weighted by Gasteiger charge is 2.05. The number of rotatable bonds is 7. The molecule has 0 fully saturated rings. The molecule has 0 heterocycles. The fourth-order valence-corrected chi connectivity index (χ4v) is 2.23. The van der Waals surface area contributed by atoms with Crippen molar-refractivity contribution in [3.05, 3.63) is 75.3 Å². The average molecular weight is 312 g/mol. The summed E-state index contributed by atoms with van der Waals surface area (Å²) in [6.07, 6.45) is 1.85. The Labute approximate surface area is 135 Å². The van der Waals surface area contributed by atoms with Gasteiger partial charge in [-0.25, -0.2) is 0 Å². The van der Waals surface area contributed by atoms with Crippen LogP contribution in [0, 0.1) is 17.0 Å². The predicted octanol–water partition coefficient (Wildman–Crippen LogP) is 3.19. The molecule has 0 atom stereocenters. The Bertz CT molecular complexity index is 664. The summed E-state index contributed by atoms with van der Waals surface area (Å²) in [5, 5.41) is 13.4. The largest absolute Gasteiger partial charge is 0.356 e. The lowest BCUT2D eigenvalue weighted by Gasteiger charge is -2.06. The van der Waals surface area contributed by atoms with Gasteiger partial charge in [-0.2, -0.15) is 0 Å². The summed E-state index contributed by atoms with van der Waals surface area (Å²) in [4.78, 5) is 22.0. The first-order valence-corrected chi connectivity index (χ1v) is 7.60. The Kier molecular flexibility index (Phi) is 5.86. The molecule has 0 radical (unpaired) electrons. The molecule has 120 valence electrons. The normalized spacial score (nSPS) is 10.3. The summed E-state index contributed by atoms with van der Waals surface area (Å²) in [5.74, 6) is 0.0208. The number of carbonyl (C=O) groups is 1. The minimum Gasteiger partial charge on any atom is -0.356 e. The van der Waals surface area contributed by atoms with Gasteiger partial charge in [0.15, 0.2) is 0 Å². The highest BCUT2D eigenvalue weighted by molar-refractivity contribution is 5.76. The Hall–Kier alpha value is -2.69. The summed E-state index contributed by atoms with van der Waals surface area (Å²) in [7, 11) is 0. The van der Waals surface area contributed by atoms with Crippen molar-refractivity contribution in [2.24, 2.45) is 0 Å². The molecule has 0 saturated carbocycles. The highest BCUT2D eigenvalue weighted by Crippen LogP contribution is 2.12. The predicted molar refractivity (Wildman–Crippen MR) is 89.3 cm³/mol. The van der Waals surface area contributed by atoms with Crippen molar-refractivity contribution in [1.29, 1.82) is 0 Å². The second-order valence-electron chi connectivity index (χ2n) is 5.51. The maximum absolute atomic E-state index is 11.8. The van der Waals surface area contributed by atoms with Gasteiger partial charge in [-0.1, -0.05) is 42.0 Å². The van der Waals surface area contributed by atoms with Gasteiger partial charge in [-0.3, -0.25) is 14.9 Å². The van der Waals surface area contributed by atoms with E-state index in [1.807, 2.05) is 31.2 Å². The molecular formula is C18H20N2O3. The number of non-ortho nitro benzene ring substituents is 1. The summed E-state index contributed by atoms with van der Waals surface area (Å²) >= 11 is 0. The third-order valence-corrected chi connectivity index (χ3v) is 3.64. The summed E-state index contributed by atoms with van der Waals surface area (Å²) in [6, 6.07) is 14.6. The van der Waals surface area contributed by atoms with Crippen LogP contribution in [0.25, 0.3) is 0 Å². The van der Waals surface area contributed by atoms with Crippen LogP contribution in [-0.4, -0.2) is 17.4 Å². The fraction of sp³-hybridized carbons (Fsp3) is 0.278. The van der Waals surface area contributed by atoms with Gasteiger partial charge in [0.25, 0.3) is 5.69 Å². The zero-order valence-corrected chi connectivity index (χ0v) is 13.1. The molecule has 5 nitrogen and oxygen atoms in total. The Morgan fingerprint density at radius 2 is 1.57 bits per heavy atom. The highest BCUT2D eigenvalue weighted by atomic mass is 16.6. The minimum absolute atomic E-state index is 0.0208. The van der Waals surface area contributed by atoms with Crippen molar-refractivity contribution >= 4 is 11.6 Å². The molecule has 0 bridgehead atoms. The topological polar surface area (TPSA) is 72.2 Å². The molecule has 2 aromatic rings. The first-order valence-electron chi connectivity index (χ1n) is 7.60. The van der Waals surface area contributed by atoms with E-state index >= 15 is 0 Å². The lowest BCUT2D eigenvalue weighted by Crippen LogP contribution is -2.25. The van der Waals surface area contributed by atoms with E-state index in [-0.39, 0.29) is 11.6 Å². The van der Waals surface area contributed by atoms with Gasteiger partial charge in [0.2, 0.25) is 5.91 Å². The van der Waals surface area contributed by atoms with Crippen LogP contribution in [-0.2, 0) is 17.6 Å². The number of benzene rings is 2. The smallest absolute Gasteiger partial charge is 0.269 e. The van der Waals surface area contributed by atoms with E-state index < -0.39 is 4.92 Å². The van der Waals surface area contributed by atoms with Crippen LogP contribution in [0.5, 0.6) is 0 Å². The van der Waals surface area contributed by atoms with E-state index in [0.717, 1.165) is 17.5 Å². The first kappa shape index (κ1) is 16.7. The average Bonchev–Trinajstić information content (AvgIpc) is 2.55. The van der Waals surface area contributed by atoms with Crippen LogP contribution in [0.15, 0.2) is 48.5 Å². The Balaban J connectivity index is 1.70. The van der Waals surface area contributed by atoms with Crippen LogP contribution >= 0.6 is 0 Å². The molecular weight excluding hydrogens is 292 g/mol. The molecule has 2 rings (SSSR count). The molecule has 2 aromatic carbocycles. The van der Waals surface area contributed by atoms with Gasteiger partial charge < -0.3 is 5.32 Å². The standard InChI is InChI=1S/C18H20N2O3/c1-14-2-4-15(5-3-14)8-11-18(21)19-13-12-16-6-9-17(10-7-16)20(22)23/h2-7,9-10H,8,11-13H2,1H3,(H,19,21). The Morgan fingerprint density at radius 3 is 2.17 bits per heavy atom. The van der Waals surface area contributed by atoms with Gasteiger partial charge in [0.1, 0.15) is 0 Å². The number of hydrogen-bond donors (Lipinski definition) is 1. The van der Waals surface area contributed by atoms with E-state index in [9.17, 15) is 14.9 Å². The van der Waals surface area contributed by atoms with Crippen LogP contribution < -0.4 is 5.32 Å². The molecule has 0 aliphatic carbocycles. The van der Waals surface area contributed by atoms with Crippen LogP contribution in [0.2, 0.25) is 0 Å². The third-order valence-electron chi connectivity index (χ3n) is 3.64. The molecule has 0 saturated heterocycles. The van der Waals surface area contributed by atoms with Gasteiger partial charge in [-0.15, -0.1) is 0 Å². The van der Waals surface area contributed by atoms with Crippen LogP contribution in [0.3, 0.4) is 0 Å². The van der Waals surface area contributed by atoms with Crippen molar-refractivity contribution in [2.45, 2.75) is 26.2 Å². The number of amides is 1. The summed E-state index contributed by atoms with van der Waals surface area (Å²) in [6.45, 7) is 2.57. The molecule has 0 aliphatic rings. The molecule has 0 aromatic heterocycles. The number of aryl methyl sites for hydroxylation is 2. The zero-order valence-electron chi connectivity index (χ0n) is 13.1. The third kappa shape index (κ3) is 5.54. The van der Waals surface area contributed by atoms with Gasteiger partial charge in [-0.05, 0) is 30.9 Å². The van der Waals surface area contributed by atoms with Crippen molar-refractivity contribution in [3.8, 4) is 0 Å². The van der Waals surface area contributed by atoms with Gasteiger partial charge in [0, 0.05) is 25.1 Å². The maximum atomic E-state index is 11.8. The molecule has 5 heteroatoms. The van der Waals surface area contributed by atoms with Gasteiger partial charge in [0.05, 0.1) is 4.92 Å². The van der Waals surface area contributed by atoms with Crippen molar-refractivity contribution in [2.75, 3.05) is 6.54 Å². The van der Waals surface area contributed by atoms with Crippen LogP contribution in [0.1, 0.15) is 23.1 Å². The van der Waals surface area contributed by atoms with E-state index in [1.54, 1.807) is 12.1 Å². The SMILES string of the molecule is Cc1ccc(CCC(=O)NCCc2ccc([N+](=O)[O-])cc2)cc1. The molecule has 0 unspecified atom stereocenters. The number of nitrogens with one attached hydrogen (secondary N) is 1. The second-order valence-corrected chi connectivity index (χ2v) is 5.51. The summed E-state index contributed by atoms with van der Waals surface area (Å²) in [5.41, 5.74) is 3.41. The van der Waals surface area contributed by atoms with Crippen molar-refractivity contribution < 1.29 is 9.72 Å². The molecule has 23 heavy (non-hydrogen) atoms. The van der Waals surface area contributed by atoms with E-state index in [1.165, 1.54) is 17.7 Å². The number of carbonyl (C=O) groups excluding carboxylic acids is 1. The molecule has 1 amide bonds. The van der Waals surface area contributed by atoms with Crippen molar-refractivity contribution in [1.82, 2.24) is 5.32 Å². The molecule has 1 N–H and O–H groups in total. The maximum Gasteiger partial charge on any atom is 0.269 e. The fourth-order valence-electron chi connectivity index (χ4n) is 2.23. The Morgan fingerprint density at radius 1 is 1.00 bits per heavy atom. The lowest BCUT2D eigenvalue weighted by atomic mass is 10.1. The quantitative estimate of drug-likeness (QED) is 0.630. The van der Waals surface area contributed by atoms with Gasteiger partial charge >= 0.3 is 0 Å². The minimum atomic E-state index is -0.420. The van der Waals surface area contributed by atoms with E-state index in [2.05, 4.69) is 5.32 Å². The number of hydrogen-bond acceptors (Lipinski definition) is 3. The first-order chi connectivity index (χ1) is 11.0. The number of nitro groups is 1. The lowest BCUT2D eigenvalue weighted by molar-refractivity contribution is -0.384. The second kappa shape index (κ2) is 8.08. The number of nitrogens with zero attached hydrogens (tertiary/aromatic N) is 1. The van der Waals surface area contributed by atoms with Crippen molar-refractivity contribution in [3.63, 3.8) is 0 Å². The monoisotopic (exact) mass is 312 g/mol. The van der Waals surface area contributed by atoms with Crippen LogP contribution in [0.4, 0.5) is 5.69 Å². The molecule has 0 spiro atoms. The summed E-state index contributed by atoms with van der Waals surface area (Å²) < 4.78 is 0. The number of nitro benzene ring substituents is 1. The van der Waals surface area contributed by atoms with E-state index in [0.29, 0.717) is 19.4 Å².